The summed E-state index contributed by atoms with van der Waals surface area (Å²) in [5.74, 6) is 2.12. The molecule has 4 aromatic rings. The zero-order chi connectivity index (χ0) is 20.8. The molecule has 2 aliphatic rings. The Balaban J connectivity index is 1.66. The molecule has 31 heavy (non-hydrogen) atoms. The van der Waals surface area contributed by atoms with Crippen LogP contribution in [0, 0.1) is 0 Å². The Labute approximate surface area is 178 Å². The van der Waals surface area contributed by atoms with Gasteiger partial charge in [-0.1, -0.05) is 41.5 Å². The molecule has 8 nitrogen and oxygen atoms in total. The van der Waals surface area contributed by atoms with E-state index in [0.29, 0.717) is 5.95 Å². The molecule has 0 spiro atoms. The number of para-hydroxylation sites is 2. The molecule has 4 heterocycles. The van der Waals surface area contributed by atoms with Crippen molar-refractivity contribution in [1.29, 1.82) is 0 Å². The number of hydrogen-bond acceptors (Lipinski definition) is 7. The molecular formula is C23H18N6O2. The number of nitrogens with zero attached hydrogens (tertiary/aromatic N) is 5. The third-order valence-corrected chi connectivity index (χ3v) is 5.66. The maximum Gasteiger partial charge on any atom is 0.248 e. The Morgan fingerprint density at radius 3 is 2.77 bits per heavy atom. The number of nitrogens with one attached hydrogen (secondary N) is 1. The van der Waals surface area contributed by atoms with Crippen LogP contribution < -0.4 is 14.8 Å². The van der Waals surface area contributed by atoms with Crippen molar-refractivity contribution in [3.8, 4) is 11.5 Å². The second kappa shape index (κ2) is 6.94. The summed E-state index contributed by atoms with van der Waals surface area (Å²) in [6.45, 7) is 0. The van der Waals surface area contributed by atoms with Gasteiger partial charge >= 0.3 is 0 Å². The van der Waals surface area contributed by atoms with Crippen molar-refractivity contribution in [2.24, 2.45) is 0 Å². The number of aromatic nitrogens is 5. The highest BCUT2D eigenvalue weighted by atomic mass is 16.5. The number of ether oxygens (including phenoxy) is 2. The summed E-state index contributed by atoms with van der Waals surface area (Å²) in [6.07, 6.45) is 3.21. The molecule has 0 radical (unpaired) electrons. The molecule has 1 N–H and O–H groups in total. The minimum Gasteiger partial charge on any atom is -0.496 e. The van der Waals surface area contributed by atoms with E-state index in [1.54, 1.807) is 18.0 Å². The monoisotopic (exact) mass is 410 g/mol. The molecule has 152 valence electrons. The van der Waals surface area contributed by atoms with E-state index < -0.39 is 0 Å². The highest BCUT2D eigenvalue weighted by Gasteiger charge is 2.42. The topological polar surface area (TPSA) is 87.0 Å². The van der Waals surface area contributed by atoms with Gasteiger partial charge in [-0.15, -0.1) is 0 Å². The smallest absolute Gasteiger partial charge is 0.248 e. The van der Waals surface area contributed by atoms with E-state index in [9.17, 15) is 0 Å². The highest BCUT2D eigenvalue weighted by molar-refractivity contribution is 5.85. The van der Waals surface area contributed by atoms with Crippen LogP contribution in [0.2, 0.25) is 0 Å². The van der Waals surface area contributed by atoms with E-state index in [1.807, 2.05) is 66.9 Å². The summed E-state index contributed by atoms with van der Waals surface area (Å²) in [6, 6.07) is 19.5. The van der Waals surface area contributed by atoms with E-state index in [0.717, 1.165) is 39.5 Å². The van der Waals surface area contributed by atoms with Crippen LogP contribution in [0.15, 0.2) is 78.6 Å². The van der Waals surface area contributed by atoms with Crippen LogP contribution >= 0.6 is 0 Å². The lowest BCUT2D eigenvalue weighted by molar-refractivity contribution is 0.221. The van der Waals surface area contributed by atoms with Gasteiger partial charge in [-0.05, 0) is 34.7 Å². The first-order valence-corrected chi connectivity index (χ1v) is 9.93. The van der Waals surface area contributed by atoms with Crippen molar-refractivity contribution in [2.45, 2.75) is 12.1 Å². The largest absolute Gasteiger partial charge is 0.496 e. The fourth-order valence-electron chi connectivity index (χ4n) is 4.34. The molecule has 2 atom stereocenters. The van der Waals surface area contributed by atoms with E-state index in [-0.39, 0.29) is 12.1 Å². The van der Waals surface area contributed by atoms with Crippen LogP contribution in [-0.4, -0.2) is 32.3 Å². The Morgan fingerprint density at radius 2 is 1.90 bits per heavy atom. The first-order valence-electron chi connectivity index (χ1n) is 9.93. The quantitative estimate of drug-likeness (QED) is 0.552. The SMILES string of the molecule is COc1ccccc1[C@H]1C2=C(Nc3nnnn31)c1ccccc1O[C@@H]2c1cccnc1. The maximum absolute atomic E-state index is 6.54. The Kier molecular flexibility index (Phi) is 3.95. The predicted octanol–water partition coefficient (Wildman–Crippen LogP) is 3.64. The van der Waals surface area contributed by atoms with Crippen molar-refractivity contribution in [3.05, 3.63) is 95.3 Å². The van der Waals surface area contributed by atoms with Gasteiger partial charge < -0.3 is 14.8 Å². The summed E-state index contributed by atoms with van der Waals surface area (Å²) >= 11 is 0. The van der Waals surface area contributed by atoms with Crippen molar-refractivity contribution >= 4 is 11.6 Å². The van der Waals surface area contributed by atoms with Gasteiger partial charge in [-0.25, -0.2) is 0 Å². The molecule has 6 rings (SSSR count). The van der Waals surface area contributed by atoms with Crippen molar-refractivity contribution < 1.29 is 9.47 Å². The van der Waals surface area contributed by atoms with E-state index in [1.165, 1.54) is 0 Å². The van der Waals surface area contributed by atoms with Crippen LogP contribution in [0.5, 0.6) is 11.5 Å². The Morgan fingerprint density at radius 1 is 1.03 bits per heavy atom. The maximum atomic E-state index is 6.54. The van der Waals surface area contributed by atoms with Gasteiger partial charge in [-0.3, -0.25) is 4.98 Å². The molecule has 0 saturated heterocycles. The summed E-state index contributed by atoms with van der Waals surface area (Å²) in [5.41, 5.74) is 4.80. The third kappa shape index (κ3) is 2.68. The highest BCUT2D eigenvalue weighted by Crippen LogP contribution is 2.51. The Hall–Kier alpha value is -4.20. The second-order valence-corrected chi connectivity index (χ2v) is 7.33. The number of tetrazole rings is 1. The first kappa shape index (κ1) is 17.6. The van der Waals surface area contributed by atoms with Crippen molar-refractivity contribution in [2.75, 3.05) is 12.4 Å². The van der Waals surface area contributed by atoms with E-state index >= 15 is 0 Å². The van der Waals surface area contributed by atoms with E-state index in [4.69, 9.17) is 9.47 Å². The van der Waals surface area contributed by atoms with Gasteiger partial charge in [-0.2, -0.15) is 4.68 Å². The standard InChI is InChI=1S/C23H18N6O2/c1-30-17-10-4-3-9-16(17)21-19-20(25-23-26-27-28-29(21)23)15-8-2-5-11-18(15)31-22(19)14-7-6-12-24-13-14/h2-13,21-22H,1H3,(H,25,26,28)/t21-,22+/m0/s1. The van der Waals surface area contributed by atoms with Crippen LogP contribution in [0.3, 0.4) is 0 Å². The molecule has 2 aromatic carbocycles. The molecule has 0 unspecified atom stereocenters. The van der Waals surface area contributed by atoms with Crippen LogP contribution in [0.1, 0.15) is 28.8 Å². The number of benzene rings is 2. The lowest BCUT2D eigenvalue weighted by atomic mass is 9.85. The van der Waals surface area contributed by atoms with Crippen LogP contribution in [0.4, 0.5) is 5.95 Å². The number of anilines is 1. The number of hydrogen-bond donors (Lipinski definition) is 1. The number of pyridine rings is 1. The lowest BCUT2D eigenvalue weighted by Crippen LogP contribution is -2.32. The average Bonchev–Trinajstić information content (AvgIpc) is 3.31. The normalized spacial score (nSPS) is 18.9. The first-order chi connectivity index (χ1) is 15.3. The van der Waals surface area contributed by atoms with Crippen LogP contribution in [-0.2, 0) is 0 Å². The molecular weight excluding hydrogens is 392 g/mol. The molecule has 0 fully saturated rings. The van der Waals surface area contributed by atoms with Crippen molar-refractivity contribution in [3.63, 3.8) is 0 Å². The summed E-state index contributed by atoms with van der Waals surface area (Å²) < 4.78 is 14.0. The summed E-state index contributed by atoms with van der Waals surface area (Å²) in [7, 11) is 1.67. The number of rotatable bonds is 3. The molecule has 0 bridgehead atoms. The number of methoxy groups -OCH3 is 1. The van der Waals surface area contributed by atoms with Crippen molar-refractivity contribution in [1.82, 2.24) is 25.2 Å². The fourth-order valence-corrected chi connectivity index (χ4v) is 4.34. The predicted molar refractivity (Wildman–Crippen MR) is 114 cm³/mol. The molecule has 2 aliphatic heterocycles. The van der Waals surface area contributed by atoms with Gasteiger partial charge in [0.25, 0.3) is 0 Å². The molecule has 0 aliphatic carbocycles. The molecule has 0 amide bonds. The van der Waals surface area contributed by atoms with Gasteiger partial charge in [0.1, 0.15) is 17.5 Å². The third-order valence-electron chi connectivity index (χ3n) is 5.66. The van der Waals surface area contributed by atoms with Gasteiger partial charge in [0.2, 0.25) is 5.95 Å². The minimum absolute atomic E-state index is 0.323. The second-order valence-electron chi connectivity index (χ2n) is 7.33. The Bertz CT molecular complexity index is 1300. The fraction of sp³-hybridized carbons (Fsp3) is 0.130. The molecule has 0 saturated carbocycles. The summed E-state index contributed by atoms with van der Waals surface area (Å²) in [5, 5.41) is 15.9. The summed E-state index contributed by atoms with van der Waals surface area (Å²) in [4.78, 5) is 4.32. The van der Waals surface area contributed by atoms with E-state index in [2.05, 4.69) is 25.8 Å². The zero-order valence-corrected chi connectivity index (χ0v) is 16.6. The molecule has 2 aromatic heterocycles. The van der Waals surface area contributed by atoms with Crippen LogP contribution in [0.25, 0.3) is 5.70 Å². The van der Waals surface area contributed by atoms with Gasteiger partial charge in [0.15, 0.2) is 6.10 Å². The lowest BCUT2D eigenvalue weighted by Gasteiger charge is -2.38. The van der Waals surface area contributed by atoms with Gasteiger partial charge in [0.05, 0.1) is 12.8 Å². The molecule has 8 heteroatoms. The zero-order valence-electron chi connectivity index (χ0n) is 16.6. The minimum atomic E-state index is -0.377. The van der Waals surface area contributed by atoms with Gasteiger partial charge in [0, 0.05) is 34.7 Å². The number of fused-ring (bicyclic) bond motifs is 3. The average molecular weight is 410 g/mol.